The summed E-state index contributed by atoms with van der Waals surface area (Å²) in [6.45, 7) is 1.55. The average molecular weight is 420 g/mol. The van der Waals surface area contributed by atoms with E-state index in [2.05, 4.69) is 0 Å². The predicted octanol–water partition coefficient (Wildman–Crippen LogP) is 0.692. The first-order valence-corrected chi connectivity index (χ1v) is 9.60. The first-order valence-electron chi connectivity index (χ1n) is 9.60. The molecule has 4 rings (SSSR count). The number of aliphatic hydroxyl groups is 3. The van der Waals surface area contributed by atoms with Gasteiger partial charge in [-0.05, 0) is 24.6 Å². The molecule has 0 amide bonds. The van der Waals surface area contributed by atoms with Gasteiger partial charge in [0, 0.05) is 24.1 Å². The molecule has 2 unspecified atom stereocenters. The average Bonchev–Trinajstić information content (AvgIpc) is 2.71. The molecule has 9 heteroatoms. The van der Waals surface area contributed by atoms with E-state index in [1.165, 1.54) is 24.3 Å². The molecule has 0 spiro atoms. The molecule has 7 atom stereocenters. The molecule has 0 aliphatic carbocycles. The van der Waals surface area contributed by atoms with E-state index in [1.54, 1.807) is 19.1 Å². The third-order valence-corrected chi connectivity index (χ3v) is 5.51. The van der Waals surface area contributed by atoms with Gasteiger partial charge in [-0.15, -0.1) is 0 Å². The summed E-state index contributed by atoms with van der Waals surface area (Å²) < 4.78 is 17.5. The first-order chi connectivity index (χ1) is 14.2. The number of hydrogen-bond acceptors (Lipinski definition) is 9. The lowest BCUT2D eigenvalue weighted by Crippen LogP contribution is -2.58. The van der Waals surface area contributed by atoms with E-state index >= 15 is 0 Å². The van der Waals surface area contributed by atoms with Crippen LogP contribution in [0.4, 0.5) is 0 Å². The topological polar surface area (TPSA) is 149 Å². The van der Waals surface area contributed by atoms with Gasteiger partial charge in [0.05, 0.1) is 6.10 Å². The fraction of sp³-hybridized carbons (Fsp3) is 0.429. The smallest absolute Gasteiger partial charge is 0.187 e. The second kappa shape index (κ2) is 7.93. The normalized spacial score (nSPS) is 33.5. The summed E-state index contributed by atoms with van der Waals surface area (Å²) in [6, 6.07) is 8.83. The summed E-state index contributed by atoms with van der Waals surface area (Å²) in [7, 11) is 0. The first kappa shape index (κ1) is 20.7. The fourth-order valence-corrected chi connectivity index (χ4v) is 3.81. The molecule has 0 radical (unpaired) electrons. The summed E-state index contributed by atoms with van der Waals surface area (Å²) in [6.07, 6.45) is -7.55. The minimum atomic E-state index is -1.49. The highest BCUT2D eigenvalue weighted by Gasteiger charge is 2.45. The number of rotatable bonds is 3. The lowest BCUT2D eigenvalue weighted by atomic mass is 9.93. The van der Waals surface area contributed by atoms with E-state index in [0.717, 1.165) is 0 Å². The summed E-state index contributed by atoms with van der Waals surface area (Å²) in [5, 5.41) is 59.9. The van der Waals surface area contributed by atoms with Gasteiger partial charge >= 0.3 is 0 Å². The van der Waals surface area contributed by atoms with Crippen LogP contribution in [0.25, 0.3) is 0 Å². The zero-order valence-electron chi connectivity index (χ0n) is 16.1. The molecule has 0 bridgehead atoms. The Hall–Kier alpha value is -2.56. The molecule has 2 aliphatic heterocycles. The van der Waals surface area contributed by atoms with Crippen molar-refractivity contribution in [1.82, 2.24) is 0 Å². The van der Waals surface area contributed by atoms with Gasteiger partial charge in [0.1, 0.15) is 47.4 Å². The minimum Gasteiger partial charge on any atom is -0.508 e. The zero-order chi connectivity index (χ0) is 21.6. The molecule has 9 nitrogen and oxygen atoms in total. The van der Waals surface area contributed by atoms with E-state index in [0.29, 0.717) is 11.1 Å². The highest BCUT2D eigenvalue weighted by molar-refractivity contribution is 5.51. The Morgan fingerprint density at radius 1 is 0.900 bits per heavy atom. The van der Waals surface area contributed by atoms with Crippen LogP contribution in [0.3, 0.4) is 0 Å². The SMILES string of the molecule is CC1O[C@@H](O[C@H]2Cc3c(O)cc(O)cc3O[C@@H]2c2ccc(O)cc2)[C@@H](O)C(O)[C@H]1O. The van der Waals surface area contributed by atoms with Gasteiger partial charge in [-0.25, -0.2) is 0 Å². The van der Waals surface area contributed by atoms with E-state index in [1.807, 2.05) is 0 Å². The van der Waals surface area contributed by atoms with Gasteiger partial charge in [0.25, 0.3) is 0 Å². The molecule has 6 N–H and O–H groups in total. The minimum absolute atomic E-state index is 0.0692. The monoisotopic (exact) mass is 420 g/mol. The Labute approximate surface area is 172 Å². The second-order valence-corrected chi connectivity index (χ2v) is 7.63. The fourth-order valence-electron chi connectivity index (χ4n) is 3.81. The maximum Gasteiger partial charge on any atom is 0.187 e. The van der Waals surface area contributed by atoms with Crippen molar-refractivity contribution in [3.8, 4) is 23.0 Å². The van der Waals surface area contributed by atoms with Gasteiger partial charge in [0.15, 0.2) is 12.4 Å². The Kier molecular flexibility index (Phi) is 5.48. The van der Waals surface area contributed by atoms with E-state index in [9.17, 15) is 30.6 Å². The Balaban J connectivity index is 1.66. The lowest BCUT2D eigenvalue weighted by molar-refractivity contribution is -0.310. The number of hydrogen-bond donors (Lipinski definition) is 6. The zero-order valence-corrected chi connectivity index (χ0v) is 16.1. The van der Waals surface area contributed by atoms with Crippen LogP contribution < -0.4 is 4.74 Å². The Morgan fingerprint density at radius 3 is 2.30 bits per heavy atom. The van der Waals surface area contributed by atoms with E-state index < -0.39 is 42.9 Å². The molecule has 1 saturated heterocycles. The van der Waals surface area contributed by atoms with Crippen molar-refractivity contribution >= 4 is 0 Å². The summed E-state index contributed by atoms with van der Waals surface area (Å²) >= 11 is 0. The van der Waals surface area contributed by atoms with E-state index in [4.69, 9.17) is 14.2 Å². The van der Waals surface area contributed by atoms with Crippen LogP contribution >= 0.6 is 0 Å². The van der Waals surface area contributed by atoms with Crippen LogP contribution in [0.15, 0.2) is 36.4 Å². The molecule has 2 aromatic carbocycles. The molecular formula is C21H24O9. The lowest BCUT2D eigenvalue weighted by Gasteiger charge is -2.42. The number of ether oxygens (including phenoxy) is 3. The number of phenolic OH excluding ortho intramolecular Hbond substituents is 3. The third-order valence-electron chi connectivity index (χ3n) is 5.51. The van der Waals surface area contributed by atoms with Gasteiger partial charge in [0.2, 0.25) is 0 Å². The predicted molar refractivity (Wildman–Crippen MR) is 102 cm³/mol. The Morgan fingerprint density at radius 2 is 1.60 bits per heavy atom. The van der Waals surface area contributed by atoms with Crippen LogP contribution in [0.1, 0.15) is 24.2 Å². The molecule has 30 heavy (non-hydrogen) atoms. The largest absolute Gasteiger partial charge is 0.508 e. The van der Waals surface area contributed by atoms with Crippen LogP contribution in [0, 0.1) is 0 Å². The number of fused-ring (bicyclic) bond motifs is 1. The molecule has 2 aliphatic rings. The van der Waals surface area contributed by atoms with Crippen LogP contribution in [0.5, 0.6) is 23.0 Å². The van der Waals surface area contributed by atoms with Crippen molar-refractivity contribution in [3.63, 3.8) is 0 Å². The van der Waals surface area contributed by atoms with E-state index in [-0.39, 0.29) is 29.4 Å². The number of aromatic hydroxyl groups is 3. The maximum atomic E-state index is 10.3. The van der Waals surface area contributed by atoms with Gasteiger partial charge in [-0.2, -0.15) is 0 Å². The number of aliphatic hydroxyl groups excluding tert-OH is 3. The highest BCUT2D eigenvalue weighted by atomic mass is 16.7. The van der Waals surface area contributed by atoms with Crippen molar-refractivity contribution in [2.45, 2.75) is 56.3 Å². The molecule has 1 fully saturated rings. The highest BCUT2D eigenvalue weighted by Crippen LogP contribution is 2.43. The van der Waals surface area contributed by atoms with Crippen LogP contribution in [0.2, 0.25) is 0 Å². The molecular weight excluding hydrogens is 396 g/mol. The summed E-state index contributed by atoms with van der Waals surface area (Å²) in [4.78, 5) is 0. The molecule has 162 valence electrons. The quantitative estimate of drug-likeness (QED) is 0.422. The summed E-state index contributed by atoms with van der Waals surface area (Å²) in [5.74, 6) is 0.0165. The van der Waals surface area contributed by atoms with Crippen LogP contribution in [-0.2, 0) is 15.9 Å². The van der Waals surface area contributed by atoms with Crippen molar-refractivity contribution in [2.75, 3.05) is 0 Å². The molecule has 0 aromatic heterocycles. The van der Waals surface area contributed by atoms with Gasteiger partial charge in [-0.3, -0.25) is 0 Å². The molecule has 2 heterocycles. The number of benzene rings is 2. The standard InChI is InChI=1S/C21H24O9/c1-9-17(25)18(26)19(27)21(28-9)30-16-8-13-14(24)6-12(23)7-15(13)29-20(16)10-2-4-11(22)5-3-10/h2-7,9,16-27H,8H2,1H3/t9?,16-,17-,18?,19-,20+,21-/m0/s1. The van der Waals surface area contributed by atoms with Crippen molar-refractivity contribution in [1.29, 1.82) is 0 Å². The Bertz CT molecular complexity index is 900. The van der Waals surface area contributed by atoms with Crippen molar-refractivity contribution in [2.24, 2.45) is 0 Å². The molecule has 2 aromatic rings. The van der Waals surface area contributed by atoms with Crippen molar-refractivity contribution in [3.05, 3.63) is 47.5 Å². The number of phenols is 3. The maximum absolute atomic E-state index is 10.3. The molecule has 0 saturated carbocycles. The summed E-state index contributed by atoms with van der Waals surface area (Å²) in [5.41, 5.74) is 1.05. The third kappa shape index (κ3) is 3.78. The van der Waals surface area contributed by atoms with Gasteiger partial charge < -0.3 is 44.8 Å². The van der Waals surface area contributed by atoms with Crippen molar-refractivity contribution < 1.29 is 44.8 Å². The van der Waals surface area contributed by atoms with Gasteiger partial charge in [-0.1, -0.05) is 12.1 Å². The van der Waals surface area contributed by atoms with Crippen LogP contribution in [-0.4, -0.2) is 67.4 Å². The second-order valence-electron chi connectivity index (χ2n) is 7.63.